The zero-order valence-corrected chi connectivity index (χ0v) is 11.1. The minimum atomic E-state index is -0.270. The average Bonchev–Trinajstić information content (AvgIpc) is 2.78. The zero-order chi connectivity index (χ0) is 13.0. The third-order valence-electron chi connectivity index (χ3n) is 3.94. The van der Waals surface area contributed by atoms with Gasteiger partial charge in [0.05, 0.1) is 12.6 Å². The first kappa shape index (κ1) is 13.8. The number of carbonyl (C=O) groups excluding carboxylic acids is 1. The molecule has 0 aliphatic carbocycles. The van der Waals surface area contributed by atoms with Crippen molar-refractivity contribution in [3.05, 3.63) is 0 Å². The van der Waals surface area contributed by atoms with E-state index in [2.05, 4.69) is 10.2 Å². The molecule has 1 amide bonds. The number of nitrogens with one attached hydrogen (secondary N) is 1. The van der Waals surface area contributed by atoms with E-state index in [1.165, 1.54) is 0 Å². The average molecular weight is 256 g/mol. The van der Waals surface area contributed by atoms with Gasteiger partial charge in [0.25, 0.3) is 0 Å². The second-order valence-electron chi connectivity index (χ2n) is 5.48. The molecule has 18 heavy (non-hydrogen) atoms. The highest BCUT2D eigenvalue weighted by Crippen LogP contribution is 2.19. The van der Waals surface area contributed by atoms with Gasteiger partial charge in [0.2, 0.25) is 5.91 Å². The summed E-state index contributed by atoms with van der Waals surface area (Å²) in [6.07, 6.45) is 2.56. The molecule has 0 aromatic carbocycles. The SMILES string of the molecule is CC(O)C1CCN(CC(=O)NC2CCOCC2)C1. The summed E-state index contributed by atoms with van der Waals surface area (Å²) in [4.78, 5) is 14.0. The van der Waals surface area contributed by atoms with Crippen LogP contribution < -0.4 is 5.32 Å². The molecule has 104 valence electrons. The molecule has 0 bridgehead atoms. The van der Waals surface area contributed by atoms with Crippen LogP contribution in [0.2, 0.25) is 0 Å². The zero-order valence-electron chi connectivity index (χ0n) is 11.1. The van der Waals surface area contributed by atoms with Gasteiger partial charge in [-0.05, 0) is 38.6 Å². The first-order chi connectivity index (χ1) is 8.65. The minimum Gasteiger partial charge on any atom is -0.393 e. The van der Waals surface area contributed by atoms with Crippen LogP contribution in [-0.4, -0.2) is 60.9 Å². The summed E-state index contributed by atoms with van der Waals surface area (Å²) in [5, 5.41) is 12.6. The van der Waals surface area contributed by atoms with Gasteiger partial charge >= 0.3 is 0 Å². The van der Waals surface area contributed by atoms with Gasteiger partial charge in [-0.2, -0.15) is 0 Å². The van der Waals surface area contributed by atoms with Crippen LogP contribution in [0.15, 0.2) is 0 Å². The fourth-order valence-electron chi connectivity index (χ4n) is 2.72. The Morgan fingerprint density at radius 2 is 2.17 bits per heavy atom. The van der Waals surface area contributed by atoms with Crippen LogP contribution in [0.5, 0.6) is 0 Å². The number of aliphatic hydroxyl groups excluding tert-OH is 1. The van der Waals surface area contributed by atoms with Gasteiger partial charge in [-0.1, -0.05) is 0 Å². The summed E-state index contributed by atoms with van der Waals surface area (Å²) >= 11 is 0. The molecule has 2 aliphatic rings. The van der Waals surface area contributed by atoms with Gasteiger partial charge < -0.3 is 15.2 Å². The Morgan fingerprint density at radius 3 is 2.78 bits per heavy atom. The molecule has 5 heteroatoms. The third-order valence-corrected chi connectivity index (χ3v) is 3.94. The Bertz CT molecular complexity index is 277. The maximum Gasteiger partial charge on any atom is 0.234 e. The fourth-order valence-corrected chi connectivity index (χ4v) is 2.72. The molecule has 2 unspecified atom stereocenters. The van der Waals surface area contributed by atoms with Crippen molar-refractivity contribution in [2.45, 2.75) is 38.3 Å². The second kappa shape index (κ2) is 6.50. The summed E-state index contributed by atoms with van der Waals surface area (Å²) in [5.74, 6) is 0.425. The molecule has 0 spiro atoms. The van der Waals surface area contributed by atoms with Crippen molar-refractivity contribution in [3.8, 4) is 0 Å². The predicted octanol–water partition coefficient (Wildman–Crippen LogP) is -0.0157. The molecule has 2 rings (SSSR count). The number of likely N-dealkylation sites (tertiary alicyclic amines) is 1. The molecule has 2 saturated heterocycles. The van der Waals surface area contributed by atoms with E-state index in [9.17, 15) is 9.90 Å². The predicted molar refractivity (Wildman–Crippen MR) is 68.2 cm³/mol. The van der Waals surface area contributed by atoms with Crippen molar-refractivity contribution in [1.82, 2.24) is 10.2 Å². The Hall–Kier alpha value is -0.650. The molecule has 0 aromatic heterocycles. The largest absolute Gasteiger partial charge is 0.393 e. The van der Waals surface area contributed by atoms with Crippen molar-refractivity contribution in [2.75, 3.05) is 32.8 Å². The highest BCUT2D eigenvalue weighted by molar-refractivity contribution is 5.78. The van der Waals surface area contributed by atoms with E-state index >= 15 is 0 Å². The first-order valence-electron chi connectivity index (χ1n) is 6.92. The van der Waals surface area contributed by atoms with Gasteiger partial charge in [0, 0.05) is 25.8 Å². The molecule has 2 fully saturated rings. The molecule has 2 N–H and O–H groups in total. The summed E-state index contributed by atoms with van der Waals surface area (Å²) in [6.45, 7) is 5.53. The number of amides is 1. The van der Waals surface area contributed by atoms with E-state index in [1.54, 1.807) is 0 Å². The monoisotopic (exact) mass is 256 g/mol. The lowest BCUT2D eigenvalue weighted by Gasteiger charge is -2.24. The Balaban J connectivity index is 1.68. The van der Waals surface area contributed by atoms with Crippen molar-refractivity contribution < 1.29 is 14.6 Å². The maximum absolute atomic E-state index is 11.9. The van der Waals surface area contributed by atoms with Gasteiger partial charge in [0.1, 0.15) is 0 Å². The molecular weight excluding hydrogens is 232 g/mol. The van der Waals surface area contributed by atoms with E-state index < -0.39 is 0 Å². The van der Waals surface area contributed by atoms with Crippen molar-refractivity contribution in [1.29, 1.82) is 0 Å². The maximum atomic E-state index is 11.9. The summed E-state index contributed by atoms with van der Waals surface area (Å²) < 4.78 is 5.27. The molecular formula is C13H24N2O3. The van der Waals surface area contributed by atoms with Gasteiger partial charge in [-0.25, -0.2) is 0 Å². The summed E-state index contributed by atoms with van der Waals surface area (Å²) in [6, 6.07) is 0.279. The minimum absolute atomic E-state index is 0.105. The van der Waals surface area contributed by atoms with Crippen LogP contribution in [0.1, 0.15) is 26.2 Å². The number of rotatable bonds is 4. The number of hydrogen-bond donors (Lipinski definition) is 2. The van der Waals surface area contributed by atoms with Crippen LogP contribution in [0, 0.1) is 5.92 Å². The normalized spacial score (nSPS) is 28.2. The second-order valence-corrected chi connectivity index (χ2v) is 5.48. The molecule has 2 heterocycles. The quantitative estimate of drug-likeness (QED) is 0.742. The number of hydrogen-bond acceptors (Lipinski definition) is 4. The van der Waals surface area contributed by atoms with Gasteiger partial charge in [-0.3, -0.25) is 9.69 Å². The van der Waals surface area contributed by atoms with E-state index in [-0.39, 0.29) is 18.1 Å². The van der Waals surface area contributed by atoms with Crippen molar-refractivity contribution in [2.24, 2.45) is 5.92 Å². The number of nitrogens with zero attached hydrogens (tertiary/aromatic N) is 1. The Labute approximate surface area is 108 Å². The lowest BCUT2D eigenvalue weighted by Crippen LogP contribution is -2.43. The Morgan fingerprint density at radius 1 is 1.44 bits per heavy atom. The van der Waals surface area contributed by atoms with Crippen LogP contribution >= 0.6 is 0 Å². The third kappa shape index (κ3) is 3.93. The Kier molecular flexibility index (Phi) is 4.97. The first-order valence-corrected chi connectivity index (χ1v) is 6.92. The molecule has 2 atom stereocenters. The molecule has 0 radical (unpaired) electrons. The topological polar surface area (TPSA) is 61.8 Å². The van der Waals surface area contributed by atoms with E-state index in [1.807, 2.05) is 6.92 Å². The molecule has 5 nitrogen and oxygen atoms in total. The summed E-state index contributed by atoms with van der Waals surface area (Å²) in [7, 11) is 0. The number of aliphatic hydroxyl groups is 1. The van der Waals surface area contributed by atoms with E-state index in [0.29, 0.717) is 12.5 Å². The van der Waals surface area contributed by atoms with Gasteiger partial charge in [-0.15, -0.1) is 0 Å². The standard InChI is InChI=1S/C13H24N2O3/c1-10(16)11-2-5-15(8-11)9-13(17)14-12-3-6-18-7-4-12/h10-12,16H,2-9H2,1H3,(H,14,17). The number of carbonyl (C=O) groups is 1. The van der Waals surface area contributed by atoms with Crippen LogP contribution in [-0.2, 0) is 9.53 Å². The van der Waals surface area contributed by atoms with Gasteiger partial charge in [0.15, 0.2) is 0 Å². The highest BCUT2D eigenvalue weighted by atomic mass is 16.5. The highest BCUT2D eigenvalue weighted by Gasteiger charge is 2.27. The lowest BCUT2D eigenvalue weighted by atomic mass is 10.0. The van der Waals surface area contributed by atoms with Crippen molar-refractivity contribution >= 4 is 5.91 Å². The van der Waals surface area contributed by atoms with Crippen LogP contribution in [0.25, 0.3) is 0 Å². The fraction of sp³-hybridized carbons (Fsp3) is 0.923. The van der Waals surface area contributed by atoms with Crippen molar-refractivity contribution in [3.63, 3.8) is 0 Å². The molecule has 2 aliphatic heterocycles. The lowest BCUT2D eigenvalue weighted by molar-refractivity contribution is -0.123. The van der Waals surface area contributed by atoms with E-state index in [4.69, 9.17) is 4.74 Å². The molecule has 0 aromatic rings. The van der Waals surface area contributed by atoms with E-state index in [0.717, 1.165) is 45.6 Å². The number of ether oxygens (including phenoxy) is 1. The smallest absolute Gasteiger partial charge is 0.234 e. The summed E-state index contributed by atoms with van der Waals surface area (Å²) in [5.41, 5.74) is 0. The van der Waals surface area contributed by atoms with Crippen LogP contribution in [0.4, 0.5) is 0 Å². The molecule has 0 saturated carbocycles. The van der Waals surface area contributed by atoms with Crippen LogP contribution in [0.3, 0.4) is 0 Å².